The van der Waals surface area contributed by atoms with Gasteiger partial charge in [0.1, 0.15) is 13.1 Å². The second-order valence-corrected chi connectivity index (χ2v) is 3.51. The maximum atomic E-state index is 2.23. The van der Waals surface area contributed by atoms with Gasteiger partial charge in [0.2, 0.25) is 0 Å². The van der Waals surface area contributed by atoms with Crippen LogP contribution in [0.3, 0.4) is 0 Å². The average molecular weight is 188 g/mol. The number of aromatic nitrogens is 1. The van der Waals surface area contributed by atoms with E-state index in [2.05, 4.69) is 53.5 Å². The number of allylic oxidation sites excluding steroid dienone is 2. The van der Waals surface area contributed by atoms with Gasteiger partial charge in [-0.05, 0) is 12.2 Å². The van der Waals surface area contributed by atoms with Crippen molar-refractivity contribution >= 4 is 0 Å². The third-order valence-electron chi connectivity index (χ3n) is 2.43. The van der Waals surface area contributed by atoms with Crippen LogP contribution in [0.5, 0.6) is 0 Å². The van der Waals surface area contributed by atoms with Gasteiger partial charge in [0.25, 0.3) is 0 Å². The lowest BCUT2D eigenvalue weighted by Crippen LogP contribution is -3.08. The van der Waals surface area contributed by atoms with Gasteiger partial charge in [-0.1, -0.05) is 12.1 Å². The monoisotopic (exact) mass is 188 g/mol. The molecule has 0 amide bonds. The number of hydrogen-bond donors (Lipinski definition) is 1. The third kappa shape index (κ3) is 2.54. The van der Waals surface area contributed by atoms with Crippen molar-refractivity contribution in [2.45, 2.75) is 6.54 Å². The molecule has 0 aromatic carbocycles. The molecule has 1 atom stereocenters. The Hall–Kier alpha value is -1.41. The maximum absolute atomic E-state index is 2.23. The van der Waals surface area contributed by atoms with Crippen LogP contribution in [0, 0.1) is 0 Å². The van der Waals surface area contributed by atoms with E-state index in [1.807, 2.05) is 6.07 Å². The van der Waals surface area contributed by atoms with Gasteiger partial charge in [0, 0.05) is 12.1 Å². The number of hydrogen-bond acceptors (Lipinski definition) is 0. The van der Waals surface area contributed by atoms with E-state index in [4.69, 9.17) is 0 Å². The molecule has 0 saturated heterocycles. The number of nitrogens with one attached hydrogen (secondary N) is 1. The maximum Gasteiger partial charge on any atom is 0.197 e. The smallest absolute Gasteiger partial charge is 0.197 e. The molecule has 1 aromatic heterocycles. The van der Waals surface area contributed by atoms with Gasteiger partial charge in [-0.2, -0.15) is 4.57 Å². The number of nitrogens with zero attached hydrogens (tertiary/aromatic N) is 1. The first-order valence-electron chi connectivity index (χ1n) is 5.07. The zero-order chi connectivity index (χ0) is 9.64. The molecule has 1 unspecified atom stereocenters. The number of quaternary nitrogens is 1. The van der Waals surface area contributed by atoms with Gasteiger partial charge in [-0.3, -0.25) is 0 Å². The SMILES string of the molecule is C1=CC[NH+](CC[n+]2ccccc2)C=C1. The molecule has 1 aliphatic rings. The molecule has 0 bridgehead atoms. The molecule has 0 radical (unpaired) electrons. The topological polar surface area (TPSA) is 8.32 Å². The van der Waals surface area contributed by atoms with Gasteiger partial charge in [-0.25, -0.2) is 0 Å². The fourth-order valence-corrected chi connectivity index (χ4v) is 1.60. The zero-order valence-electron chi connectivity index (χ0n) is 8.26. The normalized spacial score (nSPS) is 19.9. The summed E-state index contributed by atoms with van der Waals surface area (Å²) in [6, 6.07) is 6.19. The van der Waals surface area contributed by atoms with Crippen LogP contribution in [-0.2, 0) is 6.54 Å². The summed E-state index contributed by atoms with van der Waals surface area (Å²) < 4.78 is 2.22. The van der Waals surface area contributed by atoms with E-state index in [1.165, 1.54) is 4.90 Å². The van der Waals surface area contributed by atoms with Crippen molar-refractivity contribution in [1.82, 2.24) is 0 Å². The van der Waals surface area contributed by atoms with E-state index in [0.29, 0.717) is 0 Å². The van der Waals surface area contributed by atoms with Gasteiger partial charge in [0.15, 0.2) is 18.9 Å². The van der Waals surface area contributed by atoms with Crippen molar-refractivity contribution < 1.29 is 9.47 Å². The first-order valence-corrected chi connectivity index (χ1v) is 5.07. The minimum Gasteiger partial charge on any atom is -0.300 e. The molecule has 1 N–H and O–H groups in total. The summed E-state index contributed by atoms with van der Waals surface area (Å²) >= 11 is 0. The van der Waals surface area contributed by atoms with Crippen LogP contribution in [0.15, 0.2) is 55.0 Å². The average Bonchev–Trinajstić information content (AvgIpc) is 2.29. The third-order valence-corrected chi connectivity index (χ3v) is 2.43. The van der Waals surface area contributed by atoms with Crippen LogP contribution in [0.2, 0.25) is 0 Å². The van der Waals surface area contributed by atoms with Crippen LogP contribution in [0.4, 0.5) is 0 Å². The Balaban J connectivity index is 1.83. The highest BCUT2D eigenvalue weighted by Crippen LogP contribution is 1.78. The number of rotatable bonds is 3. The Morgan fingerprint density at radius 3 is 2.64 bits per heavy atom. The molecular formula is C12H16N2+2. The van der Waals surface area contributed by atoms with E-state index in [1.54, 1.807) is 0 Å². The lowest BCUT2D eigenvalue weighted by Gasteiger charge is -2.12. The lowest BCUT2D eigenvalue weighted by molar-refractivity contribution is -0.868. The molecule has 1 aromatic rings. The van der Waals surface area contributed by atoms with Crippen LogP contribution in [0.25, 0.3) is 0 Å². The Morgan fingerprint density at radius 2 is 1.93 bits per heavy atom. The Morgan fingerprint density at radius 1 is 1.07 bits per heavy atom. The van der Waals surface area contributed by atoms with Gasteiger partial charge in [-0.15, -0.1) is 0 Å². The quantitative estimate of drug-likeness (QED) is 0.636. The van der Waals surface area contributed by atoms with Crippen molar-refractivity contribution in [3.05, 3.63) is 55.0 Å². The molecule has 0 spiro atoms. The summed E-state index contributed by atoms with van der Waals surface area (Å²) in [6.45, 7) is 3.34. The second-order valence-electron chi connectivity index (χ2n) is 3.51. The van der Waals surface area contributed by atoms with Gasteiger partial charge >= 0.3 is 0 Å². The highest BCUT2D eigenvalue weighted by atomic mass is 15.1. The Labute approximate surface area is 84.8 Å². The fraction of sp³-hybridized carbons (Fsp3) is 0.250. The zero-order valence-corrected chi connectivity index (χ0v) is 8.26. The Bertz CT molecular complexity index is 327. The van der Waals surface area contributed by atoms with Gasteiger partial charge < -0.3 is 4.90 Å². The van der Waals surface area contributed by atoms with E-state index in [0.717, 1.165) is 19.6 Å². The van der Waals surface area contributed by atoms with E-state index < -0.39 is 0 Å². The summed E-state index contributed by atoms with van der Waals surface area (Å²) in [7, 11) is 0. The van der Waals surface area contributed by atoms with Crippen LogP contribution < -0.4 is 9.47 Å². The minimum absolute atomic E-state index is 1.08. The van der Waals surface area contributed by atoms with Gasteiger partial charge in [0.05, 0.1) is 6.20 Å². The summed E-state index contributed by atoms with van der Waals surface area (Å²) in [6.07, 6.45) is 12.9. The fourth-order valence-electron chi connectivity index (χ4n) is 1.60. The van der Waals surface area contributed by atoms with Crippen molar-refractivity contribution in [1.29, 1.82) is 0 Å². The van der Waals surface area contributed by atoms with Crippen molar-refractivity contribution in [2.24, 2.45) is 0 Å². The standard InChI is InChI=1S/C12H15N2/c1-3-7-13(8-4-1)11-12-14-9-5-2-6-10-14/h1-9H,10-12H2/q+1/p+1. The molecule has 0 saturated carbocycles. The summed E-state index contributed by atoms with van der Waals surface area (Å²) in [5.41, 5.74) is 0. The van der Waals surface area contributed by atoms with Crippen molar-refractivity contribution in [2.75, 3.05) is 13.1 Å². The molecular weight excluding hydrogens is 172 g/mol. The van der Waals surface area contributed by atoms with E-state index in [9.17, 15) is 0 Å². The summed E-state index contributed by atoms with van der Waals surface area (Å²) in [5, 5.41) is 0. The molecule has 2 nitrogen and oxygen atoms in total. The molecule has 14 heavy (non-hydrogen) atoms. The molecule has 72 valence electrons. The van der Waals surface area contributed by atoms with Crippen LogP contribution in [0.1, 0.15) is 0 Å². The van der Waals surface area contributed by atoms with Crippen molar-refractivity contribution in [3.8, 4) is 0 Å². The first kappa shape index (κ1) is 9.16. The molecule has 2 heteroatoms. The minimum atomic E-state index is 1.08. The van der Waals surface area contributed by atoms with Crippen molar-refractivity contribution in [3.63, 3.8) is 0 Å². The Kier molecular flexibility index (Phi) is 3.09. The highest BCUT2D eigenvalue weighted by molar-refractivity contribution is 5.01. The predicted octanol–water partition coefficient (Wildman–Crippen LogP) is -0.0575. The van der Waals surface area contributed by atoms with E-state index in [-0.39, 0.29) is 0 Å². The molecule has 2 heterocycles. The first-order chi connectivity index (χ1) is 6.95. The van der Waals surface area contributed by atoms with E-state index >= 15 is 0 Å². The number of pyridine rings is 1. The molecule has 0 fully saturated rings. The second kappa shape index (κ2) is 4.72. The highest BCUT2D eigenvalue weighted by Gasteiger charge is 2.07. The predicted molar refractivity (Wildman–Crippen MR) is 55.6 cm³/mol. The largest absolute Gasteiger partial charge is 0.300 e. The lowest BCUT2D eigenvalue weighted by atomic mass is 10.3. The van der Waals surface area contributed by atoms with Crippen LogP contribution >= 0.6 is 0 Å². The molecule has 0 aliphatic carbocycles. The summed E-state index contributed by atoms with van der Waals surface area (Å²) in [5.74, 6) is 0. The molecule has 1 aliphatic heterocycles. The molecule has 2 rings (SSSR count). The van der Waals surface area contributed by atoms with Crippen LogP contribution in [-0.4, -0.2) is 13.1 Å². The summed E-state index contributed by atoms with van der Waals surface area (Å²) in [4.78, 5) is 1.52.